The molecule has 0 aromatic rings. The summed E-state index contributed by atoms with van der Waals surface area (Å²) in [7, 11) is 0. The summed E-state index contributed by atoms with van der Waals surface area (Å²) in [6.45, 7) is 9.69. The average molecular weight is 318 g/mol. The van der Waals surface area contributed by atoms with Crippen molar-refractivity contribution in [1.82, 2.24) is 10.0 Å². The molecule has 1 fully saturated rings. The first kappa shape index (κ1) is 18.5. The molecule has 8 heteroatoms. The number of hydrogen-bond donors (Lipinski definition) is 2. The summed E-state index contributed by atoms with van der Waals surface area (Å²) in [6, 6.07) is 0. The molecule has 1 heterocycles. The molecule has 0 saturated carbocycles. The lowest BCUT2D eigenvalue weighted by molar-refractivity contribution is -0.0960. The summed E-state index contributed by atoms with van der Waals surface area (Å²) in [5.74, 6) is -0.681. The second-order valence-corrected chi connectivity index (χ2v) is 7.24. The van der Waals surface area contributed by atoms with Crippen molar-refractivity contribution >= 4 is 12.2 Å². The van der Waals surface area contributed by atoms with E-state index in [1.54, 1.807) is 41.5 Å². The van der Waals surface area contributed by atoms with E-state index in [1.807, 2.05) is 0 Å². The van der Waals surface area contributed by atoms with Crippen LogP contribution in [-0.2, 0) is 9.47 Å². The molecule has 0 bridgehead atoms. The van der Waals surface area contributed by atoms with Crippen LogP contribution in [-0.4, -0.2) is 63.0 Å². The normalized spacial score (nSPS) is 22.7. The molecule has 1 aliphatic rings. The summed E-state index contributed by atoms with van der Waals surface area (Å²) in [5, 5.41) is 21.2. The third-order valence-corrected chi connectivity index (χ3v) is 2.76. The zero-order chi connectivity index (χ0) is 17.3. The van der Waals surface area contributed by atoms with Crippen LogP contribution in [0.2, 0.25) is 0 Å². The molecule has 0 spiro atoms. The number of nitrogens with zero attached hydrogens (tertiary/aromatic N) is 2. The van der Waals surface area contributed by atoms with Gasteiger partial charge in [0.25, 0.3) is 0 Å². The molecular formula is C14H26N2O6. The minimum absolute atomic E-state index is 0.0359. The van der Waals surface area contributed by atoms with E-state index in [0.29, 0.717) is 0 Å². The lowest BCUT2D eigenvalue weighted by Crippen LogP contribution is -2.51. The molecule has 2 amide bonds. The SMILES string of the molecule is CC(C)(C)OC(=O)N1C[C@H](CO)[C@@H](O)N1C(=O)OC(C)(C)C. The van der Waals surface area contributed by atoms with Crippen LogP contribution in [0.1, 0.15) is 41.5 Å². The minimum Gasteiger partial charge on any atom is -0.442 e. The molecule has 0 unspecified atom stereocenters. The highest BCUT2D eigenvalue weighted by atomic mass is 16.6. The molecular weight excluding hydrogens is 292 g/mol. The summed E-state index contributed by atoms with van der Waals surface area (Å²) >= 11 is 0. The first-order valence-corrected chi connectivity index (χ1v) is 7.17. The Kier molecular flexibility index (Phi) is 5.30. The van der Waals surface area contributed by atoms with Crippen molar-refractivity contribution in [2.24, 2.45) is 5.92 Å². The van der Waals surface area contributed by atoms with Gasteiger partial charge in [0.15, 0.2) is 6.23 Å². The number of rotatable bonds is 1. The van der Waals surface area contributed by atoms with Crippen molar-refractivity contribution in [2.45, 2.75) is 59.0 Å². The fourth-order valence-electron chi connectivity index (χ4n) is 1.89. The topological polar surface area (TPSA) is 99.5 Å². The van der Waals surface area contributed by atoms with Gasteiger partial charge in [0.1, 0.15) is 11.2 Å². The van der Waals surface area contributed by atoms with E-state index in [9.17, 15) is 19.8 Å². The molecule has 1 saturated heterocycles. The highest BCUT2D eigenvalue weighted by Crippen LogP contribution is 2.26. The van der Waals surface area contributed by atoms with Crippen molar-refractivity contribution in [3.8, 4) is 0 Å². The van der Waals surface area contributed by atoms with Crippen LogP contribution in [0.25, 0.3) is 0 Å². The smallest absolute Gasteiger partial charge is 0.431 e. The number of carbonyl (C=O) groups excluding carboxylic acids is 2. The molecule has 2 atom stereocenters. The van der Waals surface area contributed by atoms with Crippen LogP contribution in [0.4, 0.5) is 9.59 Å². The van der Waals surface area contributed by atoms with Gasteiger partial charge in [-0.25, -0.2) is 14.6 Å². The van der Waals surface area contributed by atoms with Crippen molar-refractivity contribution in [1.29, 1.82) is 0 Å². The third kappa shape index (κ3) is 4.74. The summed E-state index contributed by atoms with van der Waals surface area (Å²) in [5.41, 5.74) is -1.54. The van der Waals surface area contributed by atoms with Crippen LogP contribution >= 0.6 is 0 Å². The van der Waals surface area contributed by atoms with E-state index < -0.39 is 35.5 Å². The first-order chi connectivity index (χ1) is 9.85. The van der Waals surface area contributed by atoms with E-state index in [4.69, 9.17) is 9.47 Å². The maximum Gasteiger partial charge on any atom is 0.431 e. The van der Waals surface area contributed by atoms with Crippen molar-refractivity contribution in [3.05, 3.63) is 0 Å². The molecule has 0 radical (unpaired) electrons. The monoisotopic (exact) mass is 318 g/mol. The molecule has 1 aliphatic heterocycles. The highest BCUT2D eigenvalue weighted by Gasteiger charge is 2.47. The number of aliphatic hydroxyl groups excluding tert-OH is 2. The van der Waals surface area contributed by atoms with Crippen molar-refractivity contribution in [2.75, 3.05) is 13.2 Å². The van der Waals surface area contributed by atoms with E-state index in [1.165, 1.54) is 0 Å². The van der Waals surface area contributed by atoms with E-state index in [-0.39, 0.29) is 13.2 Å². The van der Waals surface area contributed by atoms with Crippen molar-refractivity contribution < 1.29 is 29.3 Å². The number of amides is 2. The Morgan fingerprint density at radius 2 is 1.50 bits per heavy atom. The number of hydrazine groups is 1. The third-order valence-electron chi connectivity index (χ3n) is 2.76. The van der Waals surface area contributed by atoms with Crippen LogP contribution in [0.15, 0.2) is 0 Å². The Balaban J connectivity index is 2.97. The molecule has 128 valence electrons. The number of aliphatic hydroxyl groups is 2. The minimum atomic E-state index is -1.35. The number of hydrogen-bond acceptors (Lipinski definition) is 6. The molecule has 0 aromatic carbocycles. The van der Waals surface area contributed by atoms with Gasteiger partial charge in [0.2, 0.25) is 0 Å². The van der Waals surface area contributed by atoms with Crippen LogP contribution < -0.4 is 0 Å². The fourth-order valence-corrected chi connectivity index (χ4v) is 1.89. The lowest BCUT2D eigenvalue weighted by Gasteiger charge is -2.33. The van der Waals surface area contributed by atoms with Gasteiger partial charge in [0, 0.05) is 5.92 Å². The Morgan fingerprint density at radius 1 is 1.05 bits per heavy atom. The Hall–Kier alpha value is -1.54. The van der Waals surface area contributed by atoms with Gasteiger partial charge in [-0.2, -0.15) is 5.01 Å². The van der Waals surface area contributed by atoms with Gasteiger partial charge in [-0.1, -0.05) is 0 Å². The average Bonchev–Trinajstić information content (AvgIpc) is 2.61. The fraction of sp³-hybridized carbons (Fsp3) is 0.857. The zero-order valence-corrected chi connectivity index (χ0v) is 14.0. The van der Waals surface area contributed by atoms with Crippen LogP contribution in [0, 0.1) is 5.92 Å². The maximum atomic E-state index is 12.2. The van der Waals surface area contributed by atoms with Crippen LogP contribution in [0.5, 0.6) is 0 Å². The first-order valence-electron chi connectivity index (χ1n) is 7.17. The predicted molar refractivity (Wildman–Crippen MR) is 77.6 cm³/mol. The Morgan fingerprint density at radius 3 is 1.91 bits per heavy atom. The van der Waals surface area contributed by atoms with Gasteiger partial charge in [0.05, 0.1) is 13.2 Å². The van der Waals surface area contributed by atoms with Gasteiger partial charge >= 0.3 is 12.2 Å². The van der Waals surface area contributed by atoms with E-state index in [0.717, 1.165) is 10.0 Å². The maximum absolute atomic E-state index is 12.2. The summed E-state index contributed by atoms with van der Waals surface area (Å²) in [4.78, 5) is 24.4. The number of ether oxygens (including phenoxy) is 2. The largest absolute Gasteiger partial charge is 0.442 e. The molecule has 0 aliphatic carbocycles. The van der Waals surface area contributed by atoms with Gasteiger partial charge in [-0.15, -0.1) is 0 Å². The standard InChI is InChI=1S/C14H26N2O6/c1-13(2,3)21-11(19)15-7-9(8-17)10(18)16(15)12(20)22-14(4,5)6/h9-10,17-18H,7-8H2,1-6H3/t9-,10-/m1/s1. The molecule has 22 heavy (non-hydrogen) atoms. The van der Waals surface area contributed by atoms with E-state index >= 15 is 0 Å². The second kappa shape index (κ2) is 6.29. The van der Waals surface area contributed by atoms with E-state index in [2.05, 4.69) is 0 Å². The van der Waals surface area contributed by atoms with Crippen LogP contribution in [0.3, 0.4) is 0 Å². The van der Waals surface area contributed by atoms with Gasteiger partial charge in [-0.3, -0.25) is 0 Å². The van der Waals surface area contributed by atoms with Gasteiger partial charge < -0.3 is 19.7 Å². The molecule has 8 nitrogen and oxygen atoms in total. The molecule has 2 N–H and O–H groups in total. The zero-order valence-electron chi connectivity index (χ0n) is 14.0. The second-order valence-electron chi connectivity index (χ2n) is 7.24. The molecule has 0 aromatic heterocycles. The molecule has 1 rings (SSSR count). The quantitative estimate of drug-likeness (QED) is 0.756. The van der Waals surface area contributed by atoms with Crippen molar-refractivity contribution in [3.63, 3.8) is 0 Å². The number of carbonyl (C=O) groups is 2. The Labute approximate surface area is 130 Å². The summed E-state index contributed by atoms with van der Waals surface area (Å²) < 4.78 is 10.4. The summed E-state index contributed by atoms with van der Waals surface area (Å²) in [6.07, 6.45) is -3.01. The highest BCUT2D eigenvalue weighted by molar-refractivity contribution is 5.75. The van der Waals surface area contributed by atoms with Gasteiger partial charge in [-0.05, 0) is 41.5 Å². The lowest BCUT2D eigenvalue weighted by atomic mass is 10.1. The predicted octanol–water partition coefficient (Wildman–Crippen LogP) is 1.32. The Bertz CT molecular complexity index is 426.